The zero-order valence-corrected chi connectivity index (χ0v) is 11.9. The minimum atomic E-state index is -3.21. The standard InChI is InChI=1S/C8H14BrN5O2S/c1-14(2)17(15,16)4-3-11-7-6(9)5-12-8(10)13-7/h5H,3-4H2,1-2H3,(H3,10,11,12,13). The summed E-state index contributed by atoms with van der Waals surface area (Å²) < 4.78 is 24.8. The number of nitrogen functional groups attached to an aromatic ring is 1. The van der Waals surface area contributed by atoms with Crippen LogP contribution in [0, 0.1) is 0 Å². The maximum Gasteiger partial charge on any atom is 0.221 e. The Labute approximate surface area is 109 Å². The van der Waals surface area contributed by atoms with Crippen molar-refractivity contribution >= 4 is 37.7 Å². The average molecular weight is 324 g/mol. The molecule has 1 aromatic rings. The SMILES string of the molecule is CN(C)S(=O)(=O)CCNc1nc(N)ncc1Br. The molecule has 0 radical (unpaired) electrons. The molecule has 7 nitrogen and oxygen atoms in total. The lowest BCUT2D eigenvalue weighted by Gasteiger charge is -2.12. The minimum Gasteiger partial charge on any atom is -0.368 e. The molecule has 0 aromatic carbocycles. The molecule has 1 heterocycles. The van der Waals surface area contributed by atoms with E-state index in [1.54, 1.807) is 0 Å². The summed E-state index contributed by atoms with van der Waals surface area (Å²) in [7, 11) is -0.222. The fraction of sp³-hybridized carbons (Fsp3) is 0.500. The molecule has 0 aliphatic carbocycles. The van der Waals surface area contributed by atoms with E-state index in [0.717, 1.165) is 0 Å². The van der Waals surface area contributed by atoms with E-state index < -0.39 is 10.0 Å². The number of hydrogen-bond donors (Lipinski definition) is 2. The van der Waals surface area contributed by atoms with Crippen molar-refractivity contribution in [3.05, 3.63) is 10.7 Å². The number of nitrogens with one attached hydrogen (secondary N) is 1. The second-order valence-corrected chi connectivity index (χ2v) is 6.61. The summed E-state index contributed by atoms with van der Waals surface area (Å²) in [4.78, 5) is 7.72. The van der Waals surface area contributed by atoms with Crippen molar-refractivity contribution in [2.45, 2.75) is 0 Å². The number of nitrogens with zero attached hydrogens (tertiary/aromatic N) is 3. The number of sulfonamides is 1. The predicted octanol–water partition coefficient (Wildman–Crippen LogP) is 0.125. The number of hydrogen-bond acceptors (Lipinski definition) is 6. The highest BCUT2D eigenvalue weighted by atomic mass is 79.9. The first-order valence-corrected chi connectivity index (χ1v) is 7.15. The van der Waals surface area contributed by atoms with Crippen LogP contribution in [-0.2, 0) is 10.0 Å². The van der Waals surface area contributed by atoms with E-state index >= 15 is 0 Å². The Morgan fingerprint density at radius 1 is 1.53 bits per heavy atom. The maximum atomic E-state index is 11.5. The molecule has 0 saturated heterocycles. The first kappa shape index (κ1) is 14.1. The largest absolute Gasteiger partial charge is 0.368 e. The Hall–Kier alpha value is -0.930. The maximum absolute atomic E-state index is 11.5. The van der Waals surface area contributed by atoms with Crippen molar-refractivity contribution in [2.24, 2.45) is 0 Å². The molecule has 0 atom stereocenters. The average Bonchev–Trinajstić information content (AvgIpc) is 2.22. The number of rotatable bonds is 5. The highest BCUT2D eigenvalue weighted by Crippen LogP contribution is 2.18. The molecule has 1 aromatic heterocycles. The molecule has 0 aliphatic heterocycles. The topological polar surface area (TPSA) is 101 Å². The van der Waals surface area contributed by atoms with E-state index in [9.17, 15) is 8.42 Å². The number of halogens is 1. The third-order valence-electron chi connectivity index (χ3n) is 1.97. The molecule has 96 valence electrons. The quantitative estimate of drug-likeness (QED) is 0.798. The fourth-order valence-electron chi connectivity index (χ4n) is 0.986. The van der Waals surface area contributed by atoms with E-state index in [-0.39, 0.29) is 18.2 Å². The lowest BCUT2D eigenvalue weighted by molar-refractivity contribution is 0.521. The summed E-state index contributed by atoms with van der Waals surface area (Å²) in [6.45, 7) is 0.246. The van der Waals surface area contributed by atoms with E-state index in [1.807, 2.05) is 0 Å². The van der Waals surface area contributed by atoms with Crippen molar-refractivity contribution in [1.82, 2.24) is 14.3 Å². The predicted molar refractivity (Wildman–Crippen MR) is 70.1 cm³/mol. The van der Waals surface area contributed by atoms with Gasteiger partial charge in [-0.3, -0.25) is 0 Å². The van der Waals surface area contributed by atoms with Crippen LogP contribution in [0.4, 0.5) is 11.8 Å². The Morgan fingerprint density at radius 2 is 2.18 bits per heavy atom. The highest BCUT2D eigenvalue weighted by molar-refractivity contribution is 9.10. The van der Waals surface area contributed by atoms with Gasteiger partial charge in [-0.05, 0) is 15.9 Å². The summed E-state index contributed by atoms with van der Waals surface area (Å²) in [5, 5.41) is 2.88. The molecule has 0 unspecified atom stereocenters. The van der Waals surface area contributed by atoms with Crippen LogP contribution < -0.4 is 11.1 Å². The molecule has 0 spiro atoms. The van der Waals surface area contributed by atoms with E-state index in [0.29, 0.717) is 10.3 Å². The number of nitrogens with two attached hydrogens (primary N) is 1. The van der Waals surface area contributed by atoms with Crippen molar-refractivity contribution in [3.8, 4) is 0 Å². The molecule has 0 saturated carbocycles. The molecule has 17 heavy (non-hydrogen) atoms. The molecule has 0 fully saturated rings. The lowest BCUT2D eigenvalue weighted by Crippen LogP contribution is -2.28. The molecular formula is C8H14BrN5O2S. The van der Waals surface area contributed by atoms with Gasteiger partial charge in [-0.25, -0.2) is 17.7 Å². The van der Waals surface area contributed by atoms with Crippen LogP contribution in [0.2, 0.25) is 0 Å². The Kier molecular flexibility index (Phi) is 4.66. The second-order valence-electron chi connectivity index (χ2n) is 3.45. The molecule has 3 N–H and O–H groups in total. The van der Waals surface area contributed by atoms with Crippen molar-refractivity contribution in [2.75, 3.05) is 37.4 Å². The van der Waals surface area contributed by atoms with Crippen molar-refractivity contribution in [3.63, 3.8) is 0 Å². The summed E-state index contributed by atoms with van der Waals surface area (Å²) in [5.74, 6) is 0.591. The second kappa shape index (κ2) is 5.61. The van der Waals surface area contributed by atoms with Gasteiger partial charge >= 0.3 is 0 Å². The van der Waals surface area contributed by atoms with Gasteiger partial charge in [0.15, 0.2) is 0 Å². The normalized spacial score (nSPS) is 11.8. The third-order valence-corrected chi connectivity index (χ3v) is 4.38. The van der Waals surface area contributed by atoms with Crippen LogP contribution in [0.3, 0.4) is 0 Å². The van der Waals surface area contributed by atoms with Gasteiger partial charge in [0.05, 0.1) is 10.2 Å². The van der Waals surface area contributed by atoms with Gasteiger partial charge in [0.25, 0.3) is 0 Å². The summed E-state index contributed by atoms with van der Waals surface area (Å²) in [5.41, 5.74) is 5.42. The minimum absolute atomic E-state index is 0.0175. The Bertz CT molecular complexity index is 491. The Balaban J connectivity index is 2.60. The number of aromatic nitrogens is 2. The zero-order valence-electron chi connectivity index (χ0n) is 9.51. The van der Waals surface area contributed by atoms with Gasteiger partial charge in [0, 0.05) is 26.8 Å². The van der Waals surface area contributed by atoms with Gasteiger partial charge in [-0.1, -0.05) is 0 Å². The number of anilines is 2. The molecular weight excluding hydrogens is 310 g/mol. The van der Waals surface area contributed by atoms with Gasteiger partial charge < -0.3 is 11.1 Å². The lowest BCUT2D eigenvalue weighted by atomic mass is 10.5. The smallest absolute Gasteiger partial charge is 0.221 e. The van der Waals surface area contributed by atoms with E-state index in [4.69, 9.17) is 5.73 Å². The van der Waals surface area contributed by atoms with Crippen LogP contribution >= 0.6 is 15.9 Å². The molecule has 0 amide bonds. The summed E-state index contributed by atoms with van der Waals surface area (Å²) >= 11 is 3.24. The third kappa shape index (κ3) is 4.10. The molecule has 0 bridgehead atoms. The summed E-state index contributed by atoms with van der Waals surface area (Å²) in [6, 6.07) is 0. The highest BCUT2D eigenvalue weighted by Gasteiger charge is 2.13. The molecule has 1 rings (SSSR count). The van der Waals surface area contributed by atoms with Gasteiger partial charge in [0.2, 0.25) is 16.0 Å². The van der Waals surface area contributed by atoms with Gasteiger partial charge in [-0.2, -0.15) is 4.98 Å². The van der Waals surface area contributed by atoms with Crippen LogP contribution in [0.15, 0.2) is 10.7 Å². The van der Waals surface area contributed by atoms with Crippen LogP contribution in [0.5, 0.6) is 0 Å². The monoisotopic (exact) mass is 323 g/mol. The fourth-order valence-corrected chi connectivity index (χ4v) is 2.04. The van der Waals surface area contributed by atoms with Gasteiger partial charge in [-0.15, -0.1) is 0 Å². The molecule has 0 aliphatic rings. The van der Waals surface area contributed by atoms with E-state index in [2.05, 4.69) is 31.2 Å². The van der Waals surface area contributed by atoms with Crippen LogP contribution in [-0.4, -0.2) is 49.1 Å². The van der Waals surface area contributed by atoms with Crippen molar-refractivity contribution in [1.29, 1.82) is 0 Å². The van der Waals surface area contributed by atoms with Crippen LogP contribution in [0.25, 0.3) is 0 Å². The van der Waals surface area contributed by atoms with Crippen molar-refractivity contribution < 1.29 is 8.42 Å². The van der Waals surface area contributed by atoms with Crippen LogP contribution in [0.1, 0.15) is 0 Å². The zero-order chi connectivity index (χ0) is 13.1. The first-order valence-electron chi connectivity index (χ1n) is 4.75. The summed E-state index contributed by atoms with van der Waals surface area (Å²) in [6.07, 6.45) is 1.51. The van der Waals surface area contributed by atoms with E-state index in [1.165, 1.54) is 24.6 Å². The van der Waals surface area contributed by atoms with Gasteiger partial charge in [0.1, 0.15) is 5.82 Å². The Morgan fingerprint density at radius 3 is 2.76 bits per heavy atom. The first-order chi connectivity index (χ1) is 7.83. The molecule has 9 heteroatoms.